The fourth-order valence-electron chi connectivity index (χ4n) is 2.99. The number of rotatable bonds is 6. The minimum atomic E-state index is -0.275. The summed E-state index contributed by atoms with van der Waals surface area (Å²) < 4.78 is 5.43. The van der Waals surface area contributed by atoms with Crippen molar-refractivity contribution in [1.82, 2.24) is 9.88 Å². The van der Waals surface area contributed by atoms with Crippen molar-refractivity contribution in [2.45, 2.75) is 26.3 Å². The zero-order chi connectivity index (χ0) is 18.5. The first kappa shape index (κ1) is 19.4. The molecule has 0 bridgehead atoms. The summed E-state index contributed by atoms with van der Waals surface area (Å²) in [4.78, 5) is 19.0. The highest BCUT2D eigenvalue weighted by molar-refractivity contribution is 7.13. The number of halogens is 2. The zero-order valence-electron chi connectivity index (χ0n) is 14.5. The van der Waals surface area contributed by atoms with Gasteiger partial charge in [-0.2, -0.15) is 0 Å². The lowest BCUT2D eigenvalue weighted by atomic mass is 10.0. The summed E-state index contributed by atoms with van der Waals surface area (Å²) in [5, 5.41) is 6.23. The SMILES string of the molecule is C[C@@H]1CCCN(Cc2csc(NC(=O)COc3ccc(Cl)cc3Cl)n2)C1. The van der Waals surface area contributed by atoms with Gasteiger partial charge in [0.15, 0.2) is 11.7 Å². The molecular weight excluding hydrogens is 393 g/mol. The van der Waals surface area contributed by atoms with Gasteiger partial charge in [0, 0.05) is 23.5 Å². The zero-order valence-corrected chi connectivity index (χ0v) is 16.8. The molecule has 0 aliphatic carbocycles. The van der Waals surface area contributed by atoms with Crippen molar-refractivity contribution in [3.63, 3.8) is 0 Å². The predicted molar refractivity (Wildman–Crippen MR) is 106 cm³/mol. The average molecular weight is 414 g/mol. The van der Waals surface area contributed by atoms with E-state index in [1.54, 1.807) is 18.2 Å². The molecule has 2 aromatic rings. The van der Waals surface area contributed by atoms with Crippen LogP contribution in [0.5, 0.6) is 5.75 Å². The smallest absolute Gasteiger partial charge is 0.264 e. The molecule has 2 heterocycles. The molecule has 8 heteroatoms. The normalized spacial score (nSPS) is 17.9. The number of amides is 1. The van der Waals surface area contributed by atoms with Crippen molar-refractivity contribution in [3.05, 3.63) is 39.3 Å². The summed E-state index contributed by atoms with van der Waals surface area (Å²) >= 11 is 13.3. The van der Waals surface area contributed by atoms with Crippen LogP contribution >= 0.6 is 34.5 Å². The predicted octanol–water partition coefficient (Wildman–Crippen LogP) is 4.70. The first-order chi connectivity index (χ1) is 12.5. The Morgan fingerprint density at radius 2 is 2.31 bits per heavy atom. The molecule has 1 aromatic carbocycles. The van der Waals surface area contributed by atoms with Crippen LogP contribution < -0.4 is 10.1 Å². The number of likely N-dealkylation sites (tertiary alicyclic amines) is 1. The minimum absolute atomic E-state index is 0.139. The molecule has 26 heavy (non-hydrogen) atoms. The molecule has 1 aliphatic heterocycles. The van der Waals surface area contributed by atoms with Crippen LogP contribution in [-0.4, -0.2) is 35.5 Å². The van der Waals surface area contributed by atoms with E-state index >= 15 is 0 Å². The molecule has 1 N–H and O–H groups in total. The lowest BCUT2D eigenvalue weighted by molar-refractivity contribution is -0.118. The van der Waals surface area contributed by atoms with Crippen LogP contribution in [0.4, 0.5) is 5.13 Å². The van der Waals surface area contributed by atoms with Crippen LogP contribution in [0.3, 0.4) is 0 Å². The van der Waals surface area contributed by atoms with E-state index in [0.717, 1.165) is 31.2 Å². The Balaban J connectivity index is 1.48. The van der Waals surface area contributed by atoms with Gasteiger partial charge in [0.2, 0.25) is 0 Å². The number of nitrogens with one attached hydrogen (secondary N) is 1. The van der Waals surface area contributed by atoms with Crippen molar-refractivity contribution < 1.29 is 9.53 Å². The molecule has 5 nitrogen and oxygen atoms in total. The van der Waals surface area contributed by atoms with Gasteiger partial charge >= 0.3 is 0 Å². The number of benzene rings is 1. The second-order valence-corrected chi connectivity index (χ2v) is 8.24. The van der Waals surface area contributed by atoms with Crippen LogP contribution in [0.15, 0.2) is 23.6 Å². The van der Waals surface area contributed by atoms with Crippen molar-refractivity contribution in [3.8, 4) is 5.75 Å². The summed E-state index contributed by atoms with van der Waals surface area (Å²) in [6.07, 6.45) is 2.53. The highest BCUT2D eigenvalue weighted by Crippen LogP contribution is 2.27. The van der Waals surface area contributed by atoms with Gasteiger partial charge < -0.3 is 4.74 Å². The van der Waals surface area contributed by atoms with E-state index in [1.165, 1.54) is 24.2 Å². The third-order valence-corrected chi connectivity index (χ3v) is 5.51. The van der Waals surface area contributed by atoms with E-state index in [4.69, 9.17) is 27.9 Å². The molecule has 3 rings (SSSR count). The first-order valence-electron chi connectivity index (χ1n) is 8.54. The number of carbonyl (C=O) groups is 1. The van der Waals surface area contributed by atoms with E-state index in [1.807, 2.05) is 5.38 Å². The number of piperidine rings is 1. The number of aromatic nitrogens is 1. The molecule has 1 atom stereocenters. The van der Waals surface area contributed by atoms with Crippen LogP contribution in [0.2, 0.25) is 10.0 Å². The third kappa shape index (κ3) is 5.58. The Labute approximate surface area is 167 Å². The Kier molecular flexibility index (Phi) is 6.75. The largest absolute Gasteiger partial charge is 0.482 e. The van der Waals surface area contributed by atoms with Crippen molar-refractivity contribution in [2.75, 3.05) is 25.0 Å². The molecule has 0 unspecified atom stereocenters. The maximum Gasteiger partial charge on any atom is 0.264 e. The van der Waals surface area contributed by atoms with Gasteiger partial charge in [-0.3, -0.25) is 15.0 Å². The maximum atomic E-state index is 12.1. The van der Waals surface area contributed by atoms with Gasteiger partial charge in [0.1, 0.15) is 5.75 Å². The van der Waals surface area contributed by atoms with E-state index < -0.39 is 0 Å². The summed E-state index contributed by atoms with van der Waals surface area (Å²) in [5.74, 6) is 0.882. The average Bonchev–Trinajstić information content (AvgIpc) is 3.01. The standard InChI is InChI=1S/C18H21Cl2N3O2S/c1-12-3-2-6-23(8-12)9-14-11-26-18(21-14)22-17(24)10-25-16-5-4-13(19)7-15(16)20/h4-5,7,11-12H,2-3,6,8-10H2,1H3,(H,21,22,24)/t12-/m1/s1. The van der Waals surface area contributed by atoms with Crippen molar-refractivity contribution in [2.24, 2.45) is 5.92 Å². The van der Waals surface area contributed by atoms with Crippen molar-refractivity contribution >= 4 is 45.6 Å². The molecule has 0 saturated carbocycles. The molecule has 1 fully saturated rings. The van der Waals surface area contributed by atoms with Gasteiger partial charge in [-0.25, -0.2) is 4.98 Å². The van der Waals surface area contributed by atoms with Gasteiger partial charge in [-0.05, 0) is 43.5 Å². The molecular formula is C18H21Cl2N3O2S. The van der Waals surface area contributed by atoms with Crippen LogP contribution in [-0.2, 0) is 11.3 Å². The monoisotopic (exact) mass is 413 g/mol. The van der Waals surface area contributed by atoms with E-state index in [-0.39, 0.29) is 12.5 Å². The topological polar surface area (TPSA) is 54.5 Å². The number of ether oxygens (including phenoxy) is 1. The molecule has 1 aromatic heterocycles. The quantitative estimate of drug-likeness (QED) is 0.745. The molecule has 1 aliphatic rings. The minimum Gasteiger partial charge on any atom is -0.482 e. The van der Waals surface area contributed by atoms with E-state index in [9.17, 15) is 4.79 Å². The van der Waals surface area contributed by atoms with Gasteiger partial charge in [-0.1, -0.05) is 30.1 Å². The molecule has 140 valence electrons. The van der Waals surface area contributed by atoms with Crippen molar-refractivity contribution in [1.29, 1.82) is 0 Å². The number of thiazole rings is 1. The molecule has 0 radical (unpaired) electrons. The summed E-state index contributed by atoms with van der Waals surface area (Å²) in [5.41, 5.74) is 0.987. The highest BCUT2D eigenvalue weighted by Gasteiger charge is 2.17. The molecule has 1 amide bonds. The first-order valence-corrected chi connectivity index (χ1v) is 10.2. The van der Waals surface area contributed by atoms with Crippen LogP contribution in [0.25, 0.3) is 0 Å². The second kappa shape index (κ2) is 9.04. The van der Waals surface area contributed by atoms with Gasteiger partial charge in [0.25, 0.3) is 5.91 Å². The number of hydrogen-bond acceptors (Lipinski definition) is 5. The number of carbonyl (C=O) groups excluding carboxylic acids is 1. The lowest BCUT2D eigenvalue weighted by Gasteiger charge is -2.30. The molecule has 0 spiro atoms. The summed E-state index contributed by atoms with van der Waals surface area (Å²) in [7, 11) is 0. The number of anilines is 1. The summed E-state index contributed by atoms with van der Waals surface area (Å²) in [6, 6.07) is 4.87. The second-order valence-electron chi connectivity index (χ2n) is 6.54. The highest BCUT2D eigenvalue weighted by atomic mass is 35.5. The number of nitrogens with zero attached hydrogens (tertiary/aromatic N) is 2. The third-order valence-electron chi connectivity index (χ3n) is 4.18. The lowest BCUT2D eigenvalue weighted by Crippen LogP contribution is -2.33. The fraction of sp³-hybridized carbons (Fsp3) is 0.444. The fourth-order valence-corrected chi connectivity index (χ4v) is 4.17. The van der Waals surface area contributed by atoms with E-state index in [0.29, 0.717) is 20.9 Å². The molecule has 1 saturated heterocycles. The van der Waals surface area contributed by atoms with Crippen LogP contribution in [0.1, 0.15) is 25.5 Å². The Morgan fingerprint density at radius 1 is 1.46 bits per heavy atom. The Hall–Kier alpha value is -1.34. The maximum absolute atomic E-state index is 12.1. The van der Waals surface area contributed by atoms with Gasteiger partial charge in [-0.15, -0.1) is 11.3 Å². The van der Waals surface area contributed by atoms with Gasteiger partial charge in [0.05, 0.1) is 10.7 Å². The van der Waals surface area contributed by atoms with E-state index in [2.05, 4.69) is 22.1 Å². The number of hydrogen-bond donors (Lipinski definition) is 1. The van der Waals surface area contributed by atoms with Crippen LogP contribution in [0, 0.1) is 5.92 Å². The Bertz CT molecular complexity index is 769. The summed E-state index contributed by atoms with van der Waals surface area (Å²) in [6.45, 7) is 5.19. The Morgan fingerprint density at radius 3 is 3.08 bits per heavy atom.